The zero-order valence-electron chi connectivity index (χ0n) is 25.0. The van der Waals surface area contributed by atoms with Gasteiger partial charge in [-0.15, -0.1) is 11.3 Å². The molecular weight excluding hydrogens is 588 g/mol. The minimum Gasteiger partial charge on any atom is -0.486 e. The molecule has 3 aliphatic rings. The summed E-state index contributed by atoms with van der Waals surface area (Å²) in [6.07, 6.45) is 3.69. The van der Waals surface area contributed by atoms with E-state index in [0.29, 0.717) is 24.4 Å². The summed E-state index contributed by atoms with van der Waals surface area (Å²) in [6.45, 7) is 4.92. The lowest BCUT2D eigenvalue weighted by molar-refractivity contribution is -0.198. The second-order valence-electron chi connectivity index (χ2n) is 12.4. The van der Waals surface area contributed by atoms with Crippen LogP contribution in [-0.4, -0.2) is 69.1 Å². The van der Waals surface area contributed by atoms with Crippen molar-refractivity contribution in [3.63, 3.8) is 0 Å². The van der Waals surface area contributed by atoms with Gasteiger partial charge in [0.25, 0.3) is 0 Å². The van der Waals surface area contributed by atoms with Gasteiger partial charge in [-0.2, -0.15) is 5.48 Å². The summed E-state index contributed by atoms with van der Waals surface area (Å²) in [5.41, 5.74) is 20.1. The number of anilines is 1. The fourth-order valence-electron chi connectivity index (χ4n) is 5.82. The fourth-order valence-corrected chi connectivity index (χ4v) is 6.41. The molecule has 1 saturated heterocycles. The Bertz CT molecular complexity index is 1460. The highest BCUT2D eigenvalue weighted by atomic mass is 32.1. The highest BCUT2D eigenvalue weighted by Gasteiger charge is 2.50. The third kappa shape index (κ3) is 6.50. The summed E-state index contributed by atoms with van der Waals surface area (Å²) in [6, 6.07) is 3.65. The number of thiazole rings is 1. The molecule has 2 fully saturated rings. The zero-order chi connectivity index (χ0) is 31.8. The molecule has 14 nitrogen and oxygen atoms in total. The molecule has 0 radical (unpaired) electrons. The number of carbonyl (C=O) groups excluding carboxylic acids is 2. The second kappa shape index (κ2) is 12.3. The summed E-state index contributed by atoms with van der Waals surface area (Å²) in [5, 5.41) is 17.5. The van der Waals surface area contributed by atoms with Crippen molar-refractivity contribution < 1.29 is 29.1 Å². The van der Waals surface area contributed by atoms with Crippen LogP contribution in [0.1, 0.15) is 75.7 Å². The number of aromatic nitrogens is 1. The molecule has 44 heavy (non-hydrogen) atoms. The Morgan fingerprint density at radius 1 is 1.32 bits per heavy atom. The molecule has 1 saturated carbocycles. The number of amides is 2. The van der Waals surface area contributed by atoms with E-state index in [9.17, 15) is 19.5 Å². The third-order valence-corrected chi connectivity index (χ3v) is 9.24. The number of nitrogens with one attached hydrogen (secondary N) is 3. The minimum atomic E-state index is -1.91. The Hall–Kier alpha value is -3.79. The number of rotatable bonds is 10. The van der Waals surface area contributed by atoms with Crippen molar-refractivity contribution in [2.24, 2.45) is 16.5 Å². The van der Waals surface area contributed by atoms with Gasteiger partial charge in [0.2, 0.25) is 17.4 Å². The number of hydrogen-bond donors (Lipinski definition) is 7. The number of aliphatic carboxylic acids is 1. The average molecular weight is 629 g/mol. The van der Waals surface area contributed by atoms with Gasteiger partial charge in [-0.25, -0.2) is 9.78 Å². The Labute approximate surface area is 259 Å². The van der Waals surface area contributed by atoms with Gasteiger partial charge in [-0.3, -0.25) is 19.4 Å². The Morgan fingerprint density at radius 3 is 2.73 bits per heavy atom. The van der Waals surface area contributed by atoms with E-state index >= 15 is 0 Å². The molecule has 2 aliphatic heterocycles. The van der Waals surface area contributed by atoms with Gasteiger partial charge in [0.1, 0.15) is 23.7 Å². The van der Waals surface area contributed by atoms with Gasteiger partial charge < -0.3 is 37.7 Å². The highest BCUT2D eigenvalue weighted by molar-refractivity contribution is 7.13. The molecule has 15 heteroatoms. The molecule has 2 amide bonds. The molecule has 3 heterocycles. The molecule has 1 aromatic heterocycles. The molecule has 5 rings (SSSR count). The van der Waals surface area contributed by atoms with Crippen LogP contribution >= 0.6 is 11.3 Å². The number of carbonyl (C=O) groups is 3. The van der Waals surface area contributed by atoms with Crippen LogP contribution < -0.4 is 38.1 Å². The van der Waals surface area contributed by atoms with E-state index in [0.717, 1.165) is 48.1 Å². The number of aryl methyl sites for hydroxylation is 1. The van der Waals surface area contributed by atoms with E-state index in [1.807, 2.05) is 6.07 Å². The van der Waals surface area contributed by atoms with Crippen molar-refractivity contribution in [3.8, 4) is 5.75 Å². The first-order chi connectivity index (χ1) is 20.8. The number of ether oxygens (including phenoxy) is 1. The monoisotopic (exact) mass is 628 g/mol. The van der Waals surface area contributed by atoms with Crippen molar-refractivity contribution in [1.82, 2.24) is 21.1 Å². The molecule has 238 valence electrons. The number of benzene rings is 1. The Kier molecular flexibility index (Phi) is 8.84. The standard InChI is InChI=1S/C29H40N8O6S/c1-28(2)22(25(39)36-28)35-24(38)21(18-13-44-27(32)34-18)37-43-29(3,26(40)41)20-10-8-14-11-15(7-9-19(14)42-20)23(31)33-17-6-4-5-16(30)12-17/h7,9,11,13,16-17,20-22,37H,4-6,8,10,12,30H2,1-3H3,(H2,31,33)(H2,32,34)(H,35,38)(H,36,39)(H,40,41)/t16-,17-,20+,21?,22+,29-/m0/s1. The smallest absolute Gasteiger partial charge is 0.341 e. The summed E-state index contributed by atoms with van der Waals surface area (Å²) < 4.78 is 6.16. The van der Waals surface area contributed by atoms with Crippen LogP contribution in [0.3, 0.4) is 0 Å². The quantitative estimate of drug-likeness (QED) is 0.0845. The number of carboxylic acids is 1. The number of nitrogens with zero attached hydrogens (tertiary/aromatic N) is 2. The zero-order valence-corrected chi connectivity index (χ0v) is 25.8. The van der Waals surface area contributed by atoms with Gasteiger partial charge in [-0.1, -0.05) is 0 Å². The number of carboxylic acid groups (broad SMARTS) is 1. The van der Waals surface area contributed by atoms with Crippen LogP contribution in [0, 0.1) is 0 Å². The largest absolute Gasteiger partial charge is 0.486 e. The van der Waals surface area contributed by atoms with E-state index in [4.69, 9.17) is 31.8 Å². The molecule has 10 N–H and O–H groups in total. The van der Waals surface area contributed by atoms with Crippen LogP contribution in [-0.2, 0) is 25.6 Å². The summed E-state index contributed by atoms with van der Waals surface area (Å²) in [5.74, 6) is -1.32. The van der Waals surface area contributed by atoms with Crippen molar-refractivity contribution in [2.45, 2.75) is 101 Å². The fraction of sp³-hybridized carbons (Fsp3) is 0.552. The molecule has 2 aromatic rings. The number of aliphatic imine (C=N–C) groups is 1. The lowest BCUT2D eigenvalue weighted by atomic mass is 9.85. The van der Waals surface area contributed by atoms with E-state index in [-0.39, 0.29) is 28.8 Å². The first-order valence-electron chi connectivity index (χ1n) is 14.7. The van der Waals surface area contributed by atoms with Gasteiger partial charge in [0.15, 0.2) is 11.2 Å². The predicted octanol–water partition coefficient (Wildman–Crippen LogP) is 0.893. The van der Waals surface area contributed by atoms with Gasteiger partial charge in [0, 0.05) is 17.0 Å². The number of amidine groups is 1. The molecule has 6 atom stereocenters. The minimum absolute atomic E-state index is 0.0975. The SMILES string of the molecule is CC1(C)NC(=O)[C@H]1NC(=O)C(NO[C@](C)(C(=O)O)[C@H]1CCc2cc(C(N)=N[C@H]3CCC[C@H](N)C3)ccc2O1)c1csc(N)n1. The van der Waals surface area contributed by atoms with Crippen molar-refractivity contribution in [2.75, 3.05) is 5.73 Å². The topological polar surface area (TPSA) is 229 Å². The number of hydrogen-bond acceptors (Lipinski definition) is 11. The second-order valence-corrected chi connectivity index (χ2v) is 13.3. The molecule has 0 spiro atoms. The summed E-state index contributed by atoms with van der Waals surface area (Å²) >= 11 is 1.11. The number of β-lactam (4-membered cyclic amide) rings is 1. The van der Waals surface area contributed by atoms with Crippen molar-refractivity contribution >= 4 is 40.1 Å². The van der Waals surface area contributed by atoms with Crippen LogP contribution in [0.4, 0.5) is 5.13 Å². The van der Waals surface area contributed by atoms with Gasteiger partial charge in [-0.05, 0) is 83.1 Å². The molecule has 0 bridgehead atoms. The lowest BCUT2D eigenvalue weighted by Crippen LogP contribution is -2.75. The number of nitrogens with two attached hydrogens (primary N) is 3. The molecule has 1 aromatic carbocycles. The molecule has 1 unspecified atom stereocenters. The van der Waals surface area contributed by atoms with E-state index in [1.54, 1.807) is 31.4 Å². The van der Waals surface area contributed by atoms with Gasteiger partial charge in [0.05, 0.1) is 17.3 Å². The summed E-state index contributed by atoms with van der Waals surface area (Å²) in [7, 11) is 0. The van der Waals surface area contributed by atoms with Crippen molar-refractivity contribution in [3.05, 3.63) is 40.4 Å². The van der Waals surface area contributed by atoms with Gasteiger partial charge >= 0.3 is 5.97 Å². The number of nitrogen functional groups attached to an aromatic ring is 1. The van der Waals surface area contributed by atoms with Crippen molar-refractivity contribution in [1.29, 1.82) is 0 Å². The van der Waals surface area contributed by atoms with E-state index in [2.05, 4.69) is 21.1 Å². The highest BCUT2D eigenvalue weighted by Crippen LogP contribution is 2.35. The first kappa shape index (κ1) is 31.6. The maximum Gasteiger partial charge on any atom is 0.341 e. The van der Waals surface area contributed by atoms with Crippen LogP contribution in [0.2, 0.25) is 0 Å². The lowest BCUT2D eigenvalue weighted by Gasteiger charge is -2.44. The Balaban J connectivity index is 1.30. The normalized spacial score (nSPS) is 26.6. The number of hydroxylamine groups is 1. The van der Waals surface area contributed by atoms with E-state index in [1.165, 1.54) is 6.92 Å². The van der Waals surface area contributed by atoms with Crippen LogP contribution in [0.5, 0.6) is 5.75 Å². The average Bonchev–Trinajstić information content (AvgIpc) is 3.40. The maximum atomic E-state index is 13.3. The molecule has 1 aliphatic carbocycles. The number of fused-ring (bicyclic) bond motifs is 1. The van der Waals surface area contributed by atoms with E-state index < -0.39 is 41.2 Å². The predicted molar refractivity (Wildman–Crippen MR) is 164 cm³/mol. The third-order valence-electron chi connectivity index (χ3n) is 8.55. The first-order valence-corrected chi connectivity index (χ1v) is 15.5. The summed E-state index contributed by atoms with van der Waals surface area (Å²) in [4.78, 5) is 52.7. The Morgan fingerprint density at radius 2 is 2.09 bits per heavy atom. The maximum absolute atomic E-state index is 13.3. The molecular formula is C29H40N8O6S. The van der Waals surface area contributed by atoms with Crippen LogP contribution in [0.25, 0.3) is 0 Å². The van der Waals surface area contributed by atoms with Crippen LogP contribution in [0.15, 0.2) is 28.6 Å².